The van der Waals surface area contributed by atoms with Crippen LogP contribution in [0.25, 0.3) is 0 Å². The number of carbonyl (C=O) groups excluding carboxylic acids is 1. The zero-order chi connectivity index (χ0) is 13.0. The van der Waals surface area contributed by atoms with Crippen LogP contribution < -0.4 is 10.6 Å². The van der Waals surface area contributed by atoms with Crippen LogP contribution in [0.3, 0.4) is 0 Å². The molecule has 0 bridgehead atoms. The number of nitrogens with one attached hydrogen (secondary N) is 2. The minimum atomic E-state index is 0.0991. The van der Waals surface area contributed by atoms with Crippen molar-refractivity contribution in [2.45, 2.75) is 51.6 Å². The van der Waals surface area contributed by atoms with Gasteiger partial charge in [0.2, 0.25) is 5.91 Å². The number of rotatable bonds is 4. The molecule has 1 fully saturated rings. The van der Waals surface area contributed by atoms with Crippen molar-refractivity contribution < 1.29 is 4.79 Å². The number of aromatic nitrogens is 1. The second-order valence-electron chi connectivity index (χ2n) is 4.91. The van der Waals surface area contributed by atoms with Gasteiger partial charge in [-0.3, -0.25) is 4.79 Å². The van der Waals surface area contributed by atoms with E-state index >= 15 is 0 Å². The van der Waals surface area contributed by atoms with E-state index in [1.165, 1.54) is 0 Å². The number of nitrogens with zero attached hydrogens (tertiary/aromatic N) is 1. The Morgan fingerprint density at radius 2 is 2.50 bits per heavy atom. The third kappa shape index (κ3) is 3.78. The highest BCUT2D eigenvalue weighted by Gasteiger charge is 2.20. The Bertz CT molecular complexity index is 405. The number of carbonyl (C=O) groups is 1. The van der Waals surface area contributed by atoms with Crippen LogP contribution in [0.15, 0.2) is 5.38 Å². The van der Waals surface area contributed by atoms with E-state index in [2.05, 4.69) is 29.5 Å². The lowest BCUT2D eigenvalue weighted by Gasteiger charge is -2.28. The Labute approximate surface area is 112 Å². The van der Waals surface area contributed by atoms with Crippen LogP contribution in [-0.2, 0) is 17.6 Å². The fourth-order valence-corrected chi connectivity index (χ4v) is 3.04. The number of hydrogen-bond donors (Lipinski definition) is 2. The highest BCUT2D eigenvalue weighted by atomic mass is 32.1. The van der Waals surface area contributed by atoms with E-state index in [9.17, 15) is 4.79 Å². The van der Waals surface area contributed by atoms with Crippen molar-refractivity contribution in [2.75, 3.05) is 6.54 Å². The molecule has 1 aliphatic rings. The lowest BCUT2D eigenvalue weighted by molar-refractivity contribution is -0.121. The van der Waals surface area contributed by atoms with E-state index in [1.807, 2.05) is 5.38 Å². The summed E-state index contributed by atoms with van der Waals surface area (Å²) in [6, 6.07) is 0.813. The number of piperidine rings is 1. The summed E-state index contributed by atoms with van der Waals surface area (Å²) in [4.78, 5) is 16.3. The van der Waals surface area contributed by atoms with Crippen LogP contribution in [0.2, 0.25) is 0 Å². The number of thiazole rings is 1. The molecule has 1 aromatic rings. The maximum absolute atomic E-state index is 11.9. The summed E-state index contributed by atoms with van der Waals surface area (Å²) in [5.74, 6) is 0.0991. The van der Waals surface area contributed by atoms with Gasteiger partial charge in [-0.25, -0.2) is 4.98 Å². The zero-order valence-corrected chi connectivity index (χ0v) is 11.8. The van der Waals surface area contributed by atoms with Crippen molar-refractivity contribution in [1.29, 1.82) is 0 Å². The topological polar surface area (TPSA) is 54.0 Å². The van der Waals surface area contributed by atoms with Crippen LogP contribution in [0, 0.1) is 0 Å². The van der Waals surface area contributed by atoms with E-state index in [0.717, 1.165) is 36.5 Å². The van der Waals surface area contributed by atoms with Gasteiger partial charge < -0.3 is 10.6 Å². The fraction of sp³-hybridized carbons (Fsp3) is 0.692. The predicted molar refractivity (Wildman–Crippen MR) is 73.8 cm³/mol. The van der Waals surface area contributed by atoms with Crippen LogP contribution >= 0.6 is 11.3 Å². The number of amides is 1. The van der Waals surface area contributed by atoms with Gasteiger partial charge in [-0.15, -0.1) is 11.3 Å². The SMILES string of the molecule is CCc1nc(CC(=O)NC2CCNC(C)C2)cs1. The van der Waals surface area contributed by atoms with Gasteiger partial charge in [-0.05, 0) is 32.7 Å². The zero-order valence-electron chi connectivity index (χ0n) is 11.0. The molecule has 18 heavy (non-hydrogen) atoms. The summed E-state index contributed by atoms with van der Waals surface area (Å²) in [5.41, 5.74) is 0.899. The van der Waals surface area contributed by atoms with E-state index in [0.29, 0.717) is 18.5 Å². The molecule has 0 spiro atoms. The second-order valence-corrected chi connectivity index (χ2v) is 5.85. The maximum Gasteiger partial charge on any atom is 0.226 e. The van der Waals surface area contributed by atoms with Crippen molar-refractivity contribution in [3.05, 3.63) is 16.1 Å². The Hall–Kier alpha value is -0.940. The predicted octanol–water partition coefficient (Wildman–Crippen LogP) is 1.50. The Balaban J connectivity index is 1.81. The molecular formula is C13H21N3OS. The molecule has 2 unspecified atom stereocenters. The van der Waals surface area contributed by atoms with Crippen LogP contribution in [0.1, 0.15) is 37.4 Å². The van der Waals surface area contributed by atoms with Crippen molar-refractivity contribution in [3.63, 3.8) is 0 Å². The van der Waals surface area contributed by atoms with E-state index in [-0.39, 0.29) is 5.91 Å². The molecule has 2 rings (SSSR count). The molecule has 0 aliphatic carbocycles. The van der Waals surface area contributed by atoms with E-state index < -0.39 is 0 Å². The molecule has 0 radical (unpaired) electrons. The molecule has 4 nitrogen and oxygen atoms in total. The average molecular weight is 267 g/mol. The van der Waals surface area contributed by atoms with Crippen LogP contribution in [0.4, 0.5) is 0 Å². The van der Waals surface area contributed by atoms with Gasteiger partial charge in [0.25, 0.3) is 0 Å². The largest absolute Gasteiger partial charge is 0.353 e. The number of aryl methyl sites for hydroxylation is 1. The third-order valence-corrected chi connectivity index (χ3v) is 4.27. The fourth-order valence-electron chi connectivity index (χ4n) is 2.30. The van der Waals surface area contributed by atoms with Crippen LogP contribution in [-0.4, -0.2) is 29.5 Å². The smallest absolute Gasteiger partial charge is 0.226 e. The molecule has 2 heterocycles. The molecule has 1 aliphatic heterocycles. The molecular weight excluding hydrogens is 246 g/mol. The van der Waals surface area contributed by atoms with E-state index in [4.69, 9.17) is 0 Å². The highest BCUT2D eigenvalue weighted by Crippen LogP contribution is 2.12. The van der Waals surface area contributed by atoms with E-state index in [1.54, 1.807) is 11.3 Å². The van der Waals surface area contributed by atoms with Gasteiger partial charge in [-0.1, -0.05) is 6.92 Å². The summed E-state index contributed by atoms with van der Waals surface area (Å²) in [5, 5.41) is 9.59. The normalized spacial score (nSPS) is 23.9. The van der Waals surface area contributed by atoms with Crippen LogP contribution in [0.5, 0.6) is 0 Å². The standard InChI is InChI=1S/C13H21N3OS/c1-3-13-16-11(8-18-13)7-12(17)15-10-4-5-14-9(2)6-10/h8-10,14H,3-7H2,1-2H3,(H,15,17). The van der Waals surface area contributed by atoms with Crippen molar-refractivity contribution >= 4 is 17.2 Å². The van der Waals surface area contributed by atoms with Gasteiger partial charge in [0.1, 0.15) is 0 Å². The highest BCUT2D eigenvalue weighted by molar-refractivity contribution is 7.09. The minimum absolute atomic E-state index is 0.0991. The lowest BCUT2D eigenvalue weighted by Crippen LogP contribution is -2.46. The first-order valence-electron chi connectivity index (χ1n) is 6.63. The first-order chi connectivity index (χ1) is 8.67. The molecule has 1 aromatic heterocycles. The Morgan fingerprint density at radius 3 is 3.17 bits per heavy atom. The third-order valence-electron chi connectivity index (χ3n) is 3.23. The first-order valence-corrected chi connectivity index (χ1v) is 7.51. The van der Waals surface area contributed by atoms with Crippen molar-refractivity contribution in [3.8, 4) is 0 Å². The Morgan fingerprint density at radius 1 is 1.67 bits per heavy atom. The minimum Gasteiger partial charge on any atom is -0.353 e. The van der Waals surface area contributed by atoms with Gasteiger partial charge in [0, 0.05) is 17.5 Å². The van der Waals surface area contributed by atoms with Gasteiger partial charge >= 0.3 is 0 Å². The molecule has 0 saturated carbocycles. The molecule has 100 valence electrons. The maximum atomic E-state index is 11.9. The van der Waals surface area contributed by atoms with Crippen molar-refractivity contribution in [1.82, 2.24) is 15.6 Å². The summed E-state index contributed by atoms with van der Waals surface area (Å²) < 4.78 is 0. The summed E-state index contributed by atoms with van der Waals surface area (Å²) in [7, 11) is 0. The Kier molecular flexibility index (Phi) is 4.72. The monoisotopic (exact) mass is 267 g/mol. The molecule has 1 saturated heterocycles. The average Bonchev–Trinajstić information content (AvgIpc) is 2.76. The molecule has 2 atom stereocenters. The second kappa shape index (κ2) is 6.29. The van der Waals surface area contributed by atoms with Gasteiger partial charge in [0.05, 0.1) is 17.1 Å². The summed E-state index contributed by atoms with van der Waals surface area (Å²) >= 11 is 1.64. The van der Waals surface area contributed by atoms with Gasteiger partial charge in [-0.2, -0.15) is 0 Å². The molecule has 0 aromatic carbocycles. The summed E-state index contributed by atoms with van der Waals surface area (Å²) in [6.07, 6.45) is 3.39. The number of hydrogen-bond acceptors (Lipinski definition) is 4. The molecule has 1 amide bonds. The molecule has 5 heteroatoms. The summed E-state index contributed by atoms with van der Waals surface area (Å²) in [6.45, 7) is 5.23. The molecule has 2 N–H and O–H groups in total. The first kappa shape index (κ1) is 13.5. The van der Waals surface area contributed by atoms with Gasteiger partial charge in [0.15, 0.2) is 0 Å². The lowest BCUT2D eigenvalue weighted by atomic mass is 10.0. The van der Waals surface area contributed by atoms with Crippen molar-refractivity contribution in [2.24, 2.45) is 0 Å². The quantitative estimate of drug-likeness (QED) is 0.869.